The average molecular weight is 423 g/mol. The van der Waals surface area contributed by atoms with Crippen molar-refractivity contribution in [1.82, 2.24) is 0 Å². The molecule has 0 unspecified atom stereocenters. The average Bonchev–Trinajstić information content (AvgIpc) is 2.84. The predicted molar refractivity (Wildman–Crippen MR) is 140 cm³/mol. The maximum absolute atomic E-state index is 4.26. The van der Waals surface area contributed by atoms with Crippen molar-refractivity contribution in [1.29, 1.82) is 0 Å². The molecule has 1 aliphatic rings. The van der Waals surface area contributed by atoms with E-state index in [2.05, 4.69) is 94.1 Å². The molecule has 0 heterocycles. The molecule has 3 aromatic rings. The zero-order valence-corrected chi connectivity index (χ0v) is 20.2. The van der Waals surface area contributed by atoms with Gasteiger partial charge < -0.3 is 0 Å². The molecule has 166 valence electrons. The molecule has 0 N–H and O–H groups in total. The Morgan fingerprint density at radius 2 is 1.44 bits per heavy atom. The van der Waals surface area contributed by atoms with Crippen molar-refractivity contribution < 1.29 is 0 Å². The van der Waals surface area contributed by atoms with Crippen molar-refractivity contribution in [2.45, 2.75) is 71.6 Å². The van der Waals surface area contributed by atoms with Gasteiger partial charge in [-0.1, -0.05) is 113 Å². The first kappa shape index (κ1) is 22.6. The molecule has 0 saturated heterocycles. The molecular formula is C32H38. The van der Waals surface area contributed by atoms with Crippen LogP contribution in [0.5, 0.6) is 0 Å². The summed E-state index contributed by atoms with van der Waals surface area (Å²) in [5, 5.41) is 0. The third-order valence-corrected chi connectivity index (χ3v) is 7.22. The van der Waals surface area contributed by atoms with Crippen molar-refractivity contribution in [2.24, 2.45) is 5.92 Å². The molecular weight excluding hydrogens is 384 g/mol. The van der Waals surface area contributed by atoms with Crippen molar-refractivity contribution in [3.63, 3.8) is 0 Å². The number of benzene rings is 3. The largest absolute Gasteiger partial charge is 0.0950 e. The van der Waals surface area contributed by atoms with Crippen LogP contribution in [0.1, 0.15) is 86.6 Å². The first-order valence-corrected chi connectivity index (χ1v) is 12.5. The smallest absolute Gasteiger partial charge is 0.00254 e. The topological polar surface area (TPSA) is 0 Å². The van der Waals surface area contributed by atoms with Gasteiger partial charge in [-0.2, -0.15) is 0 Å². The van der Waals surface area contributed by atoms with Crippen molar-refractivity contribution >= 4 is 5.57 Å². The third kappa shape index (κ3) is 5.41. The van der Waals surface area contributed by atoms with Crippen molar-refractivity contribution in [3.8, 4) is 11.1 Å². The highest BCUT2D eigenvalue weighted by Crippen LogP contribution is 2.36. The summed E-state index contributed by atoms with van der Waals surface area (Å²) in [5.41, 5.74) is 10.9. The quantitative estimate of drug-likeness (QED) is 0.356. The van der Waals surface area contributed by atoms with Gasteiger partial charge in [0, 0.05) is 0 Å². The van der Waals surface area contributed by atoms with Gasteiger partial charge in [0.2, 0.25) is 0 Å². The zero-order valence-electron chi connectivity index (χ0n) is 20.2. The number of hydrogen-bond acceptors (Lipinski definition) is 0. The van der Waals surface area contributed by atoms with E-state index in [9.17, 15) is 0 Å². The number of aryl methyl sites for hydroxylation is 1. The Bertz CT molecular complexity index is 1030. The summed E-state index contributed by atoms with van der Waals surface area (Å²) in [6.07, 6.45) is 8.89. The Morgan fingerprint density at radius 3 is 2.06 bits per heavy atom. The Morgan fingerprint density at radius 1 is 0.781 bits per heavy atom. The lowest BCUT2D eigenvalue weighted by molar-refractivity contribution is 0.443. The van der Waals surface area contributed by atoms with Crippen molar-refractivity contribution in [3.05, 3.63) is 101 Å². The van der Waals surface area contributed by atoms with Gasteiger partial charge in [0.1, 0.15) is 0 Å². The lowest BCUT2D eigenvalue weighted by Gasteiger charge is -2.23. The molecule has 0 nitrogen and oxygen atoms in total. The minimum absolute atomic E-state index is 0.481. The second kappa shape index (κ2) is 10.3. The van der Waals surface area contributed by atoms with Crippen LogP contribution in [0.3, 0.4) is 0 Å². The maximum atomic E-state index is 4.26. The first-order chi connectivity index (χ1) is 15.5. The van der Waals surface area contributed by atoms with E-state index < -0.39 is 0 Å². The van der Waals surface area contributed by atoms with E-state index in [1.807, 2.05) is 0 Å². The fourth-order valence-corrected chi connectivity index (χ4v) is 5.00. The van der Waals surface area contributed by atoms with E-state index >= 15 is 0 Å². The molecule has 1 saturated carbocycles. The minimum atomic E-state index is 0.481. The molecule has 0 amide bonds. The normalized spacial score (nSPS) is 14.6. The molecule has 1 aliphatic carbocycles. The fraction of sp³-hybridized carbons (Fsp3) is 0.375. The second-order valence-corrected chi connectivity index (χ2v) is 9.90. The highest BCUT2D eigenvalue weighted by molar-refractivity contribution is 5.67. The number of rotatable bonds is 7. The molecule has 0 atom stereocenters. The lowest BCUT2D eigenvalue weighted by Crippen LogP contribution is -2.05. The number of allylic oxidation sites excluding steroid dienone is 1. The summed E-state index contributed by atoms with van der Waals surface area (Å²) in [7, 11) is 0. The maximum Gasteiger partial charge on any atom is -0.00254 e. The van der Waals surface area contributed by atoms with Gasteiger partial charge in [-0.25, -0.2) is 0 Å². The molecule has 0 spiro atoms. The van der Waals surface area contributed by atoms with E-state index in [-0.39, 0.29) is 0 Å². The first-order valence-electron chi connectivity index (χ1n) is 12.5. The number of hydrogen-bond donors (Lipinski definition) is 0. The second-order valence-electron chi connectivity index (χ2n) is 9.90. The third-order valence-electron chi connectivity index (χ3n) is 7.22. The standard InChI is InChI=1S/C32H38/c1-5-25-11-17-30(18-12-25)32-21-27(20-31(22-32)29-9-7-6-8-10-29)19-26-13-15-28(16-14-26)24(4)23(2)3/h11-18,20-23,29H,4-10,19H2,1-3H3. The molecule has 0 aromatic heterocycles. The molecule has 0 heteroatoms. The Labute approximate surface area is 195 Å². The van der Waals surface area contributed by atoms with Crippen LogP contribution < -0.4 is 0 Å². The van der Waals surface area contributed by atoms with Gasteiger partial charge in [-0.3, -0.25) is 0 Å². The van der Waals surface area contributed by atoms with Gasteiger partial charge >= 0.3 is 0 Å². The Kier molecular flexibility index (Phi) is 7.30. The Balaban J connectivity index is 1.64. The summed E-state index contributed by atoms with van der Waals surface area (Å²) in [6.45, 7) is 10.9. The van der Waals surface area contributed by atoms with Crippen LogP contribution in [0, 0.1) is 5.92 Å². The van der Waals surface area contributed by atoms with Crippen LogP contribution in [0.2, 0.25) is 0 Å². The molecule has 0 aliphatic heterocycles. The monoisotopic (exact) mass is 422 g/mol. The summed E-state index contributed by atoms with van der Waals surface area (Å²) < 4.78 is 0. The zero-order chi connectivity index (χ0) is 22.5. The summed E-state index contributed by atoms with van der Waals surface area (Å²) in [4.78, 5) is 0. The lowest BCUT2D eigenvalue weighted by atomic mass is 9.82. The van der Waals surface area contributed by atoms with Gasteiger partial charge in [0.25, 0.3) is 0 Å². The highest BCUT2D eigenvalue weighted by Gasteiger charge is 2.17. The van der Waals surface area contributed by atoms with E-state index in [1.165, 1.54) is 71.1 Å². The predicted octanol–water partition coefficient (Wildman–Crippen LogP) is 9.22. The molecule has 3 aromatic carbocycles. The summed E-state index contributed by atoms with van der Waals surface area (Å²) in [5.74, 6) is 1.20. The summed E-state index contributed by atoms with van der Waals surface area (Å²) >= 11 is 0. The Hall–Kier alpha value is -2.60. The van der Waals surface area contributed by atoms with Gasteiger partial charge in [0.15, 0.2) is 0 Å². The van der Waals surface area contributed by atoms with E-state index in [0.717, 1.165) is 12.8 Å². The van der Waals surface area contributed by atoms with Gasteiger partial charge in [-0.05, 0) is 82.0 Å². The molecule has 4 rings (SSSR count). The fourth-order valence-electron chi connectivity index (χ4n) is 5.00. The van der Waals surface area contributed by atoms with Crippen LogP contribution in [0.4, 0.5) is 0 Å². The van der Waals surface area contributed by atoms with E-state index in [1.54, 1.807) is 5.56 Å². The van der Waals surface area contributed by atoms with Crippen LogP contribution >= 0.6 is 0 Å². The highest BCUT2D eigenvalue weighted by atomic mass is 14.2. The van der Waals surface area contributed by atoms with Crippen LogP contribution in [-0.4, -0.2) is 0 Å². The van der Waals surface area contributed by atoms with E-state index in [0.29, 0.717) is 11.8 Å². The molecule has 0 radical (unpaired) electrons. The van der Waals surface area contributed by atoms with Crippen LogP contribution in [0.15, 0.2) is 73.3 Å². The summed E-state index contributed by atoms with van der Waals surface area (Å²) in [6, 6.07) is 25.6. The van der Waals surface area contributed by atoms with Gasteiger partial charge in [0.05, 0.1) is 0 Å². The molecule has 0 bridgehead atoms. The molecule has 1 fully saturated rings. The minimum Gasteiger partial charge on any atom is -0.0950 e. The van der Waals surface area contributed by atoms with Crippen LogP contribution in [0.25, 0.3) is 16.7 Å². The molecule has 32 heavy (non-hydrogen) atoms. The van der Waals surface area contributed by atoms with Crippen LogP contribution in [-0.2, 0) is 12.8 Å². The van der Waals surface area contributed by atoms with E-state index in [4.69, 9.17) is 0 Å². The SMILES string of the molecule is C=C(c1ccc(Cc2cc(-c3ccc(CC)cc3)cc(C3CCCCC3)c2)cc1)C(C)C. The van der Waals surface area contributed by atoms with Crippen molar-refractivity contribution in [2.75, 3.05) is 0 Å². The van der Waals surface area contributed by atoms with Gasteiger partial charge in [-0.15, -0.1) is 0 Å².